The van der Waals surface area contributed by atoms with E-state index in [0.717, 1.165) is 10.8 Å². The molecule has 0 bridgehead atoms. The van der Waals surface area contributed by atoms with Crippen molar-refractivity contribution in [1.29, 1.82) is 0 Å². The SMILES string of the molecule is CC(C)C(Nc1c(C(=O)/N=C/N(C)C)cc(Br)cc1[N+](=O)[O-])C1CN(C(=O)c2cncc3ccccc23)C1. The van der Waals surface area contributed by atoms with Crippen LogP contribution in [0.2, 0.25) is 0 Å². The number of amides is 2. The molecule has 3 aromatic rings. The first-order valence-electron chi connectivity index (χ1n) is 12.2. The maximum absolute atomic E-state index is 13.3. The molecular formula is C27H29BrN6O4. The molecule has 4 rings (SSSR count). The quantitative estimate of drug-likeness (QED) is 0.175. The molecule has 2 aromatic carbocycles. The first-order chi connectivity index (χ1) is 18.1. The van der Waals surface area contributed by atoms with Crippen LogP contribution < -0.4 is 5.32 Å². The monoisotopic (exact) mass is 580 g/mol. The molecule has 0 radical (unpaired) electrons. The molecule has 10 nitrogen and oxygen atoms in total. The number of likely N-dealkylation sites (tertiary alicyclic amines) is 1. The lowest BCUT2D eigenvalue weighted by atomic mass is 9.83. The van der Waals surface area contributed by atoms with Crippen LogP contribution >= 0.6 is 15.9 Å². The molecule has 0 saturated carbocycles. The highest BCUT2D eigenvalue weighted by molar-refractivity contribution is 9.10. The van der Waals surface area contributed by atoms with Gasteiger partial charge in [0.25, 0.3) is 17.5 Å². The summed E-state index contributed by atoms with van der Waals surface area (Å²) in [4.78, 5) is 49.2. The van der Waals surface area contributed by atoms with Crippen LogP contribution in [0.1, 0.15) is 34.6 Å². The Kier molecular flexibility index (Phi) is 8.05. The van der Waals surface area contributed by atoms with Crippen LogP contribution in [0.25, 0.3) is 10.8 Å². The van der Waals surface area contributed by atoms with Gasteiger partial charge in [-0.3, -0.25) is 24.7 Å². The number of aromatic nitrogens is 1. The Morgan fingerprint density at radius 3 is 2.58 bits per heavy atom. The van der Waals surface area contributed by atoms with Gasteiger partial charge in [-0.15, -0.1) is 0 Å². The summed E-state index contributed by atoms with van der Waals surface area (Å²) in [7, 11) is 3.46. The van der Waals surface area contributed by atoms with Crippen molar-refractivity contribution in [2.75, 3.05) is 32.5 Å². The lowest BCUT2D eigenvalue weighted by Gasteiger charge is -2.45. The van der Waals surface area contributed by atoms with E-state index in [1.807, 2.05) is 38.1 Å². The van der Waals surface area contributed by atoms with Gasteiger partial charge in [0.15, 0.2) is 0 Å². The van der Waals surface area contributed by atoms with Crippen LogP contribution in [0.3, 0.4) is 0 Å². The Balaban J connectivity index is 1.59. The molecule has 2 amide bonds. The average molecular weight is 581 g/mol. The van der Waals surface area contributed by atoms with E-state index >= 15 is 0 Å². The minimum atomic E-state index is -0.595. The Hall–Kier alpha value is -3.86. The number of halogens is 1. The highest BCUT2D eigenvalue weighted by Gasteiger charge is 2.39. The van der Waals surface area contributed by atoms with Crippen LogP contribution in [0.15, 0.2) is 58.3 Å². The molecule has 198 valence electrons. The van der Waals surface area contributed by atoms with Gasteiger partial charge in [0.2, 0.25) is 0 Å². The van der Waals surface area contributed by atoms with Crippen LogP contribution in [-0.2, 0) is 0 Å². The Morgan fingerprint density at radius 1 is 1.21 bits per heavy atom. The van der Waals surface area contributed by atoms with Crippen molar-refractivity contribution in [3.05, 3.63) is 74.5 Å². The summed E-state index contributed by atoms with van der Waals surface area (Å²) in [5.74, 6) is -0.607. The number of nitrogens with zero attached hydrogens (tertiary/aromatic N) is 5. The topological polar surface area (TPSA) is 121 Å². The number of carbonyl (C=O) groups is 2. The van der Waals surface area contributed by atoms with Gasteiger partial charge in [-0.25, -0.2) is 0 Å². The lowest BCUT2D eigenvalue weighted by molar-refractivity contribution is -0.384. The first-order valence-corrected chi connectivity index (χ1v) is 13.0. The number of nitrogens with one attached hydrogen (secondary N) is 1. The van der Waals surface area contributed by atoms with Crippen molar-refractivity contribution < 1.29 is 14.5 Å². The van der Waals surface area contributed by atoms with E-state index in [-0.39, 0.29) is 40.7 Å². The molecule has 1 N–H and O–H groups in total. The van der Waals surface area contributed by atoms with Gasteiger partial charge < -0.3 is 15.1 Å². The number of nitro groups is 1. The van der Waals surface area contributed by atoms with E-state index < -0.39 is 10.8 Å². The number of carbonyl (C=O) groups excluding carboxylic acids is 2. The molecule has 1 aliphatic rings. The molecule has 1 atom stereocenters. The second kappa shape index (κ2) is 11.3. The highest BCUT2D eigenvalue weighted by Crippen LogP contribution is 2.37. The van der Waals surface area contributed by atoms with Gasteiger partial charge in [-0.05, 0) is 17.4 Å². The van der Waals surface area contributed by atoms with E-state index in [9.17, 15) is 19.7 Å². The average Bonchev–Trinajstić information content (AvgIpc) is 2.85. The first kappa shape index (κ1) is 27.2. The Labute approximate surface area is 229 Å². The lowest BCUT2D eigenvalue weighted by Crippen LogP contribution is -2.57. The molecular weight excluding hydrogens is 552 g/mol. The summed E-state index contributed by atoms with van der Waals surface area (Å²) < 4.78 is 0.406. The third kappa shape index (κ3) is 5.67. The fourth-order valence-corrected chi connectivity index (χ4v) is 5.10. The molecule has 0 aliphatic carbocycles. The molecule has 38 heavy (non-hydrogen) atoms. The number of rotatable bonds is 8. The summed E-state index contributed by atoms with van der Waals surface area (Å²) >= 11 is 3.28. The summed E-state index contributed by atoms with van der Waals surface area (Å²) in [5.41, 5.74) is 0.554. The molecule has 1 saturated heterocycles. The van der Waals surface area contributed by atoms with Gasteiger partial charge in [-0.1, -0.05) is 54.0 Å². The van der Waals surface area contributed by atoms with Gasteiger partial charge in [0.1, 0.15) is 5.69 Å². The van der Waals surface area contributed by atoms with Crippen molar-refractivity contribution in [1.82, 2.24) is 14.8 Å². The molecule has 1 unspecified atom stereocenters. The van der Waals surface area contributed by atoms with Crippen LogP contribution in [0, 0.1) is 22.0 Å². The normalized spacial score (nSPS) is 14.5. The molecule has 0 spiro atoms. The summed E-state index contributed by atoms with van der Waals surface area (Å²) in [6.45, 7) is 4.97. The van der Waals surface area contributed by atoms with Crippen molar-refractivity contribution in [2.45, 2.75) is 19.9 Å². The molecule has 1 fully saturated rings. The largest absolute Gasteiger partial charge is 0.375 e. The highest BCUT2D eigenvalue weighted by atomic mass is 79.9. The van der Waals surface area contributed by atoms with Crippen molar-refractivity contribution in [3.63, 3.8) is 0 Å². The zero-order valence-corrected chi connectivity index (χ0v) is 23.2. The zero-order valence-electron chi connectivity index (χ0n) is 21.6. The van der Waals surface area contributed by atoms with Crippen molar-refractivity contribution in [2.24, 2.45) is 16.8 Å². The summed E-state index contributed by atoms with van der Waals surface area (Å²) in [6, 6.07) is 10.3. The fraction of sp³-hybridized carbons (Fsp3) is 0.333. The zero-order chi connectivity index (χ0) is 27.6. The maximum atomic E-state index is 13.3. The Morgan fingerprint density at radius 2 is 1.92 bits per heavy atom. The van der Waals surface area contributed by atoms with E-state index in [0.29, 0.717) is 23.1 Å². The van der Waals surface area contributed by atoms with Gasteiger partial charge in [-0.2, -0.15) is 4.99 Å². The van der Waals surface area contributed by atoms with Crippen LogP contribution in [-0.4, -0.2) is 71.1 Å². The minimum Gasteiger partial charge on any atom is -0.375 e. The molecule has 1 aliphatic heterocycles. The van der Waals surface area contributed by atoms with E-state index in [2.05, 4.69) is 31.2 Å². The smallest absolute Gasteiger partial charge is 0.294 e. The number of hydrogen-bond donors (Lipinski definition) is 1. The van der Waals surface area contributed by atoms with E-state index in [1.54, 1.807) is 36.3 Å². The van der Waals surface area contributed by atoms with Crippen LogP contribution in [0.5, 0.6) is 0 Å². The number of benzene rings is 2. The van der Waals surface area contributed by atoms with Gasteiger partial charge in [0.05, 0.1) is 22.4 Å². The number of fused-ring (bicyclic) bond motifs is 1. The number of aliphatic imine (C=N–C) groups is 1. The number of anilines is 1. The Bertz CT molecular complexity index is 1410. The molecule has 1 aromatic heterocycles. The number of nitro benzene ring substituents is 1. The van der Waals surface area contributed by atoms with Crippen molar-refractivity contribution in [3.8, 4) is 0 Å². The third-order valence-corrected chi connectivity index (χ3v) is 7.01. The minimum absolute atomic E-state index is 0.0263. The van der Waals surface area contributed by atoms with Gasteiger partial charge >= 0.3 is 0 Å². The second-order valence-corrected chi connectivity index (χ2v) is 10.8. The van der Waals surface area contributed by atoms with Crippen LogP contribution in [0.4, 0.5) is 11.4 Å². The van der Waals surface area contributed by atoms with E-state index in [4.69, 9.17) is 0 Å². The molecule has 11 heteroatoms. The predicted molar refractivity (Wildman–Crippen MR) is 151 cm³/mol. The van der Waals surface area contributed by atoms with E-state index in [1.165, 1.54) is 18.5 Å². The summed E-state index contributed by atoms with van der Waals surface area (Å²) in [6.07, 6.45) is 4.68. The van der Waals surface area contributed by atoms with Crippen molar-refractivity contribution >= 4 is 56.2 Å². The second-order valence-electron chi connectivity index (χ2n) is 9.91. The maximum Gasteiger partial charge on any atom is 0.294 e. The summed E-state index contributed by atoms with van der Waals surface area (Å²) in [5, 5.41) is 17.0. The predicted octanol–water partition coefficient (Wildman–Crippen LogP) is 4.84. The number of pyridine rings is 1. The molecule has 2 heterocycles. The number of hydrogen-bond acceptors (Lipinski definition) is 6. The fourth-order valence-electron chi connectivity index (χ4n) is 4.65. The van der Waals surface area contributed by atoms with Gasteiger partial charge in [0, 0.05) is 67.5 Å². The standard InChI is InChI=1S/C27H29BrN6O4/c1-16(2)24(18-13-33(14-18)27(36)22-12-29-11-17-7-5-6-8-20(17)22)31-25-21(26(35)30-15-32(3)4)9-19(28)10-23(25)34(37)38/h5-12,15-16,18,24,31H,13-14H2,1-4H3/b30-15+. The third-order valence-electron chi connectivity index (χ3n) is 6.55.